The van der Waals surface area contributed by atoms with Crippen LogP contribution in [0.4, 0.5) is 0 Å². The van der Waals surface area contributed by atoms with Gasteiger partial charge in [-0.1, -0.05) is 0 Å². The first-order chi connectivity index (χ1) is 6.83. The molecule has 0 radical (unpaired) electrons. The van der Waals surface area contributed by atoms with Crippen molar-refractivity contribution in [3.8, 4) is 0 Å². The van der Waals surface area contributed by atoms with Gasteiger partial charge in [0.05, 0.1) is 0 Å². The summed E-state index contributed by atoms with van der Waals surface area (Å²) < 4.78 is 0. The molecule has 1 unspecified atom stereocenters. The fraction of sp³-hybridized carbons (Fsp3) is 0.500. The summed E-state index contributed by atoms with van der Waals surface area (Å²) in [5.74, 6) is 0. The Balaban J connectivity index is 2.81. The summed E-state index contributed by atoms with van der Waals surface area (Å²) in [7, 11) is 0. The molecule has 2 heteroatoms. The van der Waals surface area contributed by atoms with Gasteiger partial charge in [0.1, 0.15) is 0 Å². The molecule has 0 aliphatic carbocycles. The quantitative estimate of drug-likeness (QED) is 0.634. The van der Waals surface area contributed by atoms with Gasteiger partial charge in [-0.05, 0) is 0 Å². The first kappa shape index (κ1) is 11.8. The zero-order chi connectivity index (χ0) is 10.4. The third-order valence-corrected chi connectivity index (χ3v) is 2.82. The zero-order valence-corrected chi connectivity index (χ0v) is 9.53. The third-order valence-electron chi connectivity index (χ3n) is 2.82. The van der Waals surface area contributed by atoms with E-state index in [1.165, 1.54) is 10.7 Å². The summed E-state index contributed by atoms with van der Waals surface area (Å²) in [5.41, 5.74) is 1.44. The minimum absolute atomic E-state index is 0.589. The monoisotopic (exact) mass is 183 g/mol. The number of hydrogen-bond acceptors (Lipinski definition) is 1. The Labute approximate surface area is 96.7 Å². The Kier molecular flexibility index (Phi) is 5.33. The van der Waals surface area contributed by atoms with Crippen molar-refractivity contribution in [2.24, 2.45) is 0 Å². The van der Waals surface area contributed by atoms with Crippen molar-refractivity contribution in [1.29, 1.82) is 0 Å². The van der Waals surface area contributed by atoms with E-state index in [1.54, 1.807) is 0 Å². The second-order valence-corrected chi connectivity index (χ2v) is 3.56. The van der Waals surface area contributed by atoms with Gasteiger partial charge in [-0.25, -0.2) is 0 Å². The third kappa shape index (κ3) is 2.88. The normalized spacial score (nSPS) is 13.2. The van der Waals surface area contributed by atoms with Crippen LogP contribution in [0, 0.1) is 0 Å². The Bertz CT molecular complexity index is 244. The van der Waals surface area contributed by atoms with Crippen LogP contribution in [0.25, 0.3) is 0 Å². The molecule has 0 N–H and O–H groups in total. The van der Waals surface area contributed by atoms with E-state index in [9.17, 15) is 0 Å². The molecule has 1 nitrogen and oxygen atoms in total. The van der Waals surface area contributed by atoms with E-state index in [1.807, 2.05) is 0 Å². The van der Waals surface area contributed by atoms with Crippen LogP contribution in [0.15, 0.2) is 30.3 Å². The van der Waals surface area contributed by atoms with Gasteiger partial charge in [0, 0.05) is 0 Å². The van der Waals surface area contributed by atoms with Gasteiger partial charge in [0.25, 0.3) is 0 Å². The van der Waals surface area contributed by atoms with Crippen LogP contribution in [0.2, 0.25) is 5.09 Å². The van der Waals surface area contributed by atoms with E-state index < -0.39 is 0 Å². The van der Waals surface area contributed by atoms with Gasteiger partial charge in [-0.2, -0.15) is 0 Å². The number of benzene rings is 1. The maximum atomic E-state index is 2.51. The topological polar surface area (TPSA) is 3.24 Å². The maximum absolute atomic E-state index is 2.51. The van der Waals surface area contributed by atoms with Crippen LogP contribution < -0.4 is 0 Å². The Morgan fingerprint density at radius 1 is 1.14 bits per heavy atom. The van der Waals surface area contributed by atoms with Crippen LogP contribution in [0.5, 0.6) is 0 Å². The molecule has 0 saturated carbocycles. The van der Waals surface area contributed by atoms with Gasteiger partial charge in [-0.15, -0.1) is 0 Å². The Hall–Kier alpha value is -0.223. The molecule has 0 aromatic heterocycles. The molecule has 0 fully saturated rings. The molecule has 0 saturated heterocycles. The molecule has 1 aromatic carbocycles. The van der Waals surface area contributed by atoms with Crippen molar-refractivity contribution >= 4 is 17.7 Å². The molecule has 0 heterocycles. The minimum atomic E-state index is 0.589. The first-order valence-corrected chi connectivity index (χ1v) is 5.62. The fourth-order valence-corrected chi connectivity index (χ4v) is 2.04. The van der Waals surface area contributed by atoms with Crippen molar-refractivity contribution in [3.05, 3.63) is 35.9 Å². The molecular formula is C12H18LiN. The van der Waals surface area contributed by atoms with Crippen LogP contribution in [0.3, 0.4) is 0 Å². The van der Waals surface area contributed by atoms with Gasteiger partial charge >= 0.3 is 96.6 Å². The molecule has 0 bridgehead atoms. The molecule has 0 amide bonds. The van der Waals surface area contributed by atoms with Gasteiger partial charge in [0.2, 0.25) is 0 Å². The molecule has 0 spiro atoms. The molecule has 0 aliphatic heterocycles. The van der Waals surface area contributed by atoms with Gasteiger partial charge < -0.3 is 0 Å². The summed E-state index contributed by atoms with van der Waals surface area (Å²) in [6.45, 7) is 6.72. The van der Waals surface area contributed by atoms with Crippen LogP contribution in [-0.2, 0) is 0 Å². The molecule has 14 heavy (non-hydrogen) atoms. The molecule has 72 valence electrons. The average Bonchev–Trinajstić information content (AvgIpc) is 2.27. The van der Waals surface area contributed by atoms with Crippen LogP contribution >= 0.6 is 0 Å². The Morgan fingerprint density at radius 3 is 2.14 bits per heavy atom. The summed E-state index contributed by atoms with van der Waals surface area (Å²) in [6, 6.07) is 11.4. The molecule has 1 atom stereocenters. The van der Waals surface area contributed by atoms with Crippen molar-refractivity contribution in [3.63, 3.8) is 0 Å². The van der Waals surface area contributed by atoms with Gasteiger partial charge in [0.15, 0.2) is 0 Å². The van der Waals surface area contributed by atoms with E-state index in [0.717, 1.165) is 13.1 Å². The van der Waals surface area contributed by atoms with Crippen molar-refractivity contribution in [1.82, 2.24) is 4.90 Å². The average molecular weight is 183 g/mol. The standard InChI is InChI=1S/C12H18N.Li/c1-4-13(5-2)11(3)12-9-7-6-8-10-12;/h6-11H,3-5H2,1-2H3;. The van der Waals surface area contributed by atoms with Crippen molar-refractivity contribution in [2.75, 3.05) is 13.1 Å². The second kappa shape index (κ2) is 6.30. The molecule has 1 rings (SSSR count). The summed E-state index contributed by atoms with van der Waals surface area (Å²) in [5, 5.41) is 1.19. The summed E-state index contributed by atoms with van der Waals surface area (Å²) in [4.78, 5) is 2.51. The zero-order valence-electron chi connectivity index (χ0n) is 9.53. The van der Waals surface area contributed by atoms with Gasteiger partial charge in [-0.3, -0.25) is 0 Å². The Morgan fingerprint density at radius 2 is 1.71 bits per heavy atom. The predicted molar refractivity (Wildman–Crippen MR) is 62.7 cm³/mol. The number of hydrogen-bond donors (Lipinski definition) is 0. The fourth-order valence-electron chi connectivity index (χ4n) is 2.04. The number of nitrogens with zero attached hydrogens (tertiary/aromatic N) is 1. The van der Waals surface area contributed by atoms with E-state index in [0.29, 0.717) is 6.04 Å². The molecule has 0 aliphatic rings. The second-order valence-electron chi connectivity index (χ2n) is 3.56. The van der Waals surface area contributed by atoms with Crippen molar-refractivity contribution in [2.45, 2.75) is 25.0 Å². The van der Waals surface area contributed by atoms with E-state index >= 15 is 0 Å². The van der Waals surface area contributed by atoms with Crippen LogP contribution in [-0.4, -0.2) is 35.7 Å². The molecule has 1 aromatic rings. The molecular weight excluding hydrogens is 165 g/mol. The first-order valence-electron chi connectivity index (χ1n) is 5.62. The number of rotatable bonds is 5. The van der Waals surface area contributed by atoms with E-state index in [2.05, 4.69) is 66.8 Å². The summed E-state index contributed by atoms with van der Waals surface area (Å²) >= 11 is 2.26. The van der Waals surface area contributed by atoms with E-state index in [4.69, 9.17) is 0 Å². The summed E-state index contributed by atoms with van der Waals surface area (Å²) in [6.07, 6.45) is 0. The van der Waals surface area contributed by atoms with E-state index in [-0.39, 0.29) is 0 Å². The predicted octanol–water partition coefficient (Wildman–Crippen LogP) is 2.66. The van der Waals surface area contributed by atoms with Crippen molar-refractivity contribution < 1.29 is 0 Å². The SMILES string of the molecule is [Li][CH2]C(c1ccccc1)N(CC)CC. The van der Waals surface area contributed by atoms with Crippen LogP contribution in [0.1, 0.15) is 25.5 Å².